The zero-order valence-electron chi connectivity index (χ0n) is 17.7. The number of amides is 1. The quantitative estimate of drug-likeness (QED) is 0.298. The lowest BCUT2D eigenvalue weighted by molar-refractivity contribution is -0.121. The summed E-state index contributed by atoms with van der Waals surface area (Å²) >= 11 is 0. The van der Waals surface area contributed by atoms with Gasteiger partial charge in [-0.05, 0) is 44.9 Å². The van der Waals surface area contributed by atoms with Gasteiger partial charge in [-0.25, -0.2) is 0 Å². The number of aliphatic imine (C=N–C) groups is 1. The largest absolute Gasteiger partial charge is 0.356 e. The minimum Gasteiger partial charge on any atom is -0.356 e. The number of hydrogen-bond donors (Lipinski definition) is 3. The van der Waals surface area contributed by atoms with E-state index >= 15 is 0 Å². The summed E-state index contributed by atoms with van der Waals surface area (Å²) in [4.78, 5) is 20.3. The second-order valence-electron chi connectivity index (χ2n) is 7.47. The summed E-state index contributed by atoms with van der Waals surface area (Å²) in [5.41, 5.74) is 1.83. The van der Waals surface area contributed by atoms with E-state index in [1.807, 2.05) is 52.0 Å². The van der Waals surface area contributed by atoms with Crippen molar-refractivity contribution in [3.63, 3.8) is 0 Å². The highest BCUT2D eigenvalue weighted by molar-refractivity contribution is 14.0. The van der Waals surface area contributed by atoms with Crippen molar-refractivity contribution in [1.29, 1.82) is 0 Å². The monoisotopic (exact) mass is 514 g/mol. The zero-order chi connectivity index (χ0) is 20.6. The summed E-state index contributed by atoms with van der Waals surface area (Å²) in [7, 11) is 1.68. The second kappa shape index (κ2) is 11.7. The molecule has 160 valence electrons. The number of aryl methyl sites for hydroxylation is 1. The molecule has 3 N–H and O–H groups in total. The lowest BCUT2D eigenvalue weighted by Crippen LogP contribution is -2.48. The minimum absolute atomic E-state index is 0. The van der Waals surface area contributed by atoms with Gasteiger partial charge in [0.15, 0.2) is 11.8 Å². The first-order valence-electron chi connectivity index (χ1n) is 9.48. The Bertz CT molecular complexity index is 796. The van der Waals surface area contributed by atoms with Gasteiger partial charge in [0.05, 0.1) is 6.54 Å². The van der Waals surface area contributed by atoms with Gasteiger partial charge in [0.1, 0.15) is 0 Å². The molecule has 1 aromatic heterocycles. The van der Waals surface area contributed by atoms with Crippen LogP contribution in [-0.4, -0.2) is 47.7 Å². The maximum atomic E-state index is 11.9. The first-order chi connectivity index (χ1) is 13.3. The molecule has 0 atom stereocenters. The molecule has 0 fully saturated rings. The number of nitrogens with zero attached hydrogens (tertiary/aromatic N) is 3. The number of nitrogens with one attached hydrogen (secondary N) is 3. The van der Waals surface area contributed by atoms with E-state index in [0.29, 0.717) is 24.2 Å². The molecule has 1 aromatic carbocycles. The Morgan fingerprint density at radius 2 is 1.86 bits per heavy atom. The first kappa shape index (κ1) is 24.9. The van der Waals surface area contributed by atoms with Crippen LogP contribution in [0.15, 0.2) is 33.8 Å². The van der Waals surface area contributed by atoms with Crippen molar-refractivity contribution >= 4 is 35.8 Å². The van der Waals surface area contributed by atoms with Crippen LogP contribution in [0.4, 0.5) is 0 Å². The highest BCUT2D eigenvalue weighted by Crippen LogP contribution is 2.18. The van der Waals surface area contributed by atoms with E-state index in [1.54, 1.807) is 7.05 Å². The average Bonchev–Trinajstić information content (AvgIpc) is 3.13. The van der Waals surface area contributed by atoms with Crippen LogP contribution in [0, 0.1) is 0 Å². The molecule has 0 saturated heterocycles. The van der Waals surface area contributed by atoms with Gasteiger partial charge in [-0.15, -0.1) is 24.0 Å². The van der Waals surface area contributed by atoms with Crippen LogP contribution in [0.5, 0.6) is 0 Å². The molecule has 0 aliphatic carbocycles. The van der Waals surface area contributed by atoms with Crippen LogP contribution >= 0.6 is 24.0 Å². The SMILES string of the molecule is CCc1noc(-c2ccc(CCNC(=NC)NCC(=O)NC(C)(C)C)cc2)n1.I. The van der Waals surface area contributed by atoms with Gasteiger partial charge in [0.25, 0.3) is 5.89 Å². The van der Waals surface area contributed by atoms with Gasteiger partial charge in [-0.1, -0.05) is 24.2 Å². The Kier molecular flexibility index (Phi) is 10.1. The molecule has 0 aliphatic heterocycles. The topological polar surface area (TPSA) is 104 Å². The molecule has 0 saturated carbocycles. The maximum absolute atomic E-state index is 11.9. The van der Waals surface area contributed by atoms with Crippen LogP contribution in [0.25, 0.3) is 11.5 Å². The number of carbonyl (C=O) groups excluding carboxylic acids is 1. The molecular weight excluding hydrogens is 483 g/mol. The van der Waals surface area contributed by atoms with Crippen LogP contribution in [0.1, 0.15) is 39.1 Å². The fourth-order valence-corrected chi connectivity index (χ4v) is 2.50. The standard InChI is InChI=1S/C20H30N6O2.HI/c1-6-16-24-18(28-26-16)15-9-7-14(8-10-15)11-12-22-19(21-5)23-13-17(27)25-20(2,3)4;/h7-10H,6,11-13H2,1-5H3,(H,25,27)(H2,21,22,23);1H. The van der Waals surface area contributed by atoms with E-state index in [-0.39, 0.29) is 42.0 Å². The predicted octanol–water partition coefficient (Wildman–Crippen LogP) is 2.54. The molecule has 0 bridgehead atoms. The van der Waals surface area contributed by atoms with Gasteiger partial charge in [-0.2, -0.15) is 4.98 Å². The van der Waals surface area contributed by atoms with E-state index in [0.717, 1.165) is 18.4 Å². The molecule has 2 rings (SSSR count). The Labute approximate surface area is 189 Å². The third-order valence-corrected chi connectivity index (χ3v) is 3.85. The number of carbonyl (C=O) groups is 1. The molecule has 0 aliphatic rings. The van der Waals surface area contributed by atoms with Gasteiger partial charge in [0, 0.05) is 31.1 Å². The highest BCUT2D eigenvalue weighted by atomic mass is 127. The van der Waals surface area contributed by atoms with E-state index in [4.69, 9.17) is 4.52 Å². The Morgan fingerprint density at radius 3 is 2.41 bits per heavy atom. The molecule has 1 amide bonds. The Morgan fingerprint density at radius 1 is 1.17 bits per heavy atom. The molecule has 0 unspecified atom stereocenters. The van der Waals surface area contributed by atoms with E-state index < -0.39 is 0 Å². The fourth-order valence-electron chi connectivity index (χ4n) is 2.50. The Hall–Kier alpha value is -2.17. The van der Waals surface area contributed by atoms with Gasteiger partial charge < -0.3 is 20.5 Å². The number of hydrogen-bond acceptors (Lipinski definition) is 5. The van der Waals surface area contributed by atoms with E-state index in [2.05, 4.69) is 31.1 Å². The molecule has 1 heterocycles. The molecule has 9 heteroatoms. The smallest absolute Gasteiger partial charge is 0.257 e. The summed E-state index contributed by atoms with van der Waals surface area (Å²) in [6, 6.07) is 8.04. The minimum atomic E-state index is -0.249. The number of rotatable bonds is 7. The summed E-state index contributed by atoms with van der Waals surface area (Å²) in [6.45, 7) is 8.71. The number of aromatic nitrogens is 2. The number of guanidine groups is 1. The molecule has 0 spiro atoms. The van der Waals surface area contributed by atoms with Crippen molar-refractivity contribution in [1.82, 2.24) is 26.1 Å². The normalized spacial score (nSPS) is 11.6. The molecule has 0 radical (unpaired) electrons. The molecule has 2 aromatic rings. The lowest BCUT2D eigenvalue weighted by atomic mass is 10.1. The fraction of sp³-hybridized carbons (Fsp3) is 0.500. The van der Waals surface area contributed by atoms with Gasteiger partial charge in [-0.3, -0.25) is 9.79 Å². The average molecular weight is 514 g/mol. The highest BCUT2D eigenvalue weighted by Gasteiger charge is 2.13. The van der Waals surface area contributed by atoms with Crippen LogP contribution in [0.3, 0.4) is 0 Å². The van der Waals surface area contributed by atoms with Gasteiger partial charge in [0.2, 0.25) is 5.91 Å². The molecule has 29 heavy (non-hydrogen) atoms. The molecule has 8 nitrogen and oxygen atoms in total. The van der Waals surface area contributed by atoms with Crippen molar-refractivity contribution in [2.45, 2.75) is 46.1 Å². The van der Waals surface area contributed by atoms with Crippen LogP contribution in [-0.2, 0) is 17.6 Å². The predicted molar refractivity (Wildman–Crippen MR) is 125 cm³/mol. The molecular formula is C20H31IN6O2. The van der Waals surface area contributed by atoms with Crippen molar-refractivity contribution in [2.75, 3.05) is 20.1 Å². The first-order valence-corrected chi connectivity index (χ1v) is 9.48. The zero-order valence-corrected chi connectivity index (χ0v) is 20.0. The van der Waals surface area contributed by atoms with E-state index in [9.17, 15) is 4.79 Å². The summed E-state index contributed by atoms with van der Waals surface area (Å²) in [5, 5.41) is 13.0. The van der Waals surface area contributed by atoms with Crippen molar-refractivity contribution < 1.29 is 9.32 Å². The van der Waals surface area contributed by atoms with Crippen molar-refractivity contribution in [3.05, 3.63) is 35.7 Å². The lowest BCUT2D eigenvalue weighted by Gasteiger charge is -2.21. The van der Waals surface area contributed by atoms with Crippen molar-refractivity contribution in [3.8, 4) is 11.5 Å². The maximum Gasteiger partial charge on any atom is 0.257 e. The number of halogens is 1. The van der Waals surface area contributed by atoms with Crippen LogP contribution < -0.4 is 16.0 Å². The third-order valence-electron chi connectivity index (χ3n) is 3.85. The van der Waals surface area contributed by atoms with Crippen LogP contribution in [0.2, 0.25) is 0 Å². The second-order valence-corrected chi connectivity index (χ2v) is 7.47. The van der Waals surface area contributed by atoms with Crippen molar-refractivity contribution in [2.24, 2.45) is 4.99 Å². The summed E-state index contributed by atoms with van der Waals surface area (Å²) < 4.78 is 5.25. The number of benzene rings is 1. The Balaban J connectivity index is 0.00000420. The van der Waals surface area contributed by atoms with Gasteiger partial charge >= 0.3 is 0 Å². The summed E-state index contributed by atoms with van der Waals surface area (Å²) in [5.74, 6) is 1.77. The summed E-state index contributed by atoms with van der Waals surface area (Å²) in [6.07, 6.45) is 1.57. The third kappa shape index (κ3) is 8.80. The van der Waals surface area contributed by atoms with E-state index in [1.165, 1.54) is 5.56 Å².